The van der Waals surface area contributed by atoms with Crippen LogP contribution in [0.15, 0.2) is 0 Å². The van der Waals surface area contributed by atoms with Gasteiger partial charge in [-0.3, -0.25) is 9.59 Å². The fourth-order valence-corrected chi connectivity index (χ4v) is 13.0. The number of halogens is 6. The molecule has 10 aliphatic rings. The summed E-state index contributed by atoms with van der Waals surface area (Å²) >= 11 is 0. The number of amides is 2. The lowest BCUT2D eigenvalue weighted by Gasteiger charge is -2.45. The van der Waals surface area contributed by atoms with Gasteiger partial charge >= 0.3 is 24.2 Å². The second kappa shape index (κ2) is 3.49. The average Bonchev–Trinajstić information content (AvgIpc) is 2.94. The lowest BCUT2D eigenvalue weighted by atomic mass is 9.60. The molecule has 0 radical (unpaired) electrons. The van der Waals surface area contributed by atoms with Crippen LogP contribution >= 0.6 is 0 Å². The van der Waals surface area contributed by atoms with Gasteiger partial charge < -0.3 is 9.80 Å². The van der Waals surface area contributed by atoms with Crippen molar-refractivity contribution in [3.63, 3.8) is 0 Å². The third kappa shape index (κ3) is 0.983. The Labute approximate surface area is 165 Å². The molecule has 0 aromatic rings. The van der Waals surface area contributed by atoms with Crippen molar-refractivity contribution >= 4 is 11.8 Å². The van der Waals surface area contributed by atoms with Crippen LogP contribution in [0.1, 0.15) is 0 Å². The van der Waals surface area contributed by atoms with Crippen LogP contribution in [0.5, 0.6) is 0 Å². The highest BCUT2D eigenvalue weighted by atomic mass is 19.4. The van der Waals surface area contributed by atoms with Crippen LogP contribution in [0.25, 0.3) is 0 Å². The highest BCUT2D eigenvalue weighted by molar-refractivity contribution is 5.84. The second-order valence-electron chi connectivity index (χ2n) is 11.7. The number of hydrogen-bond donors (Lipinski definition) is 0. The number of likely N-dealkylation sites (tertiary alicyclic amines) is 2. The van der Waals surface area contributed by atoms with Crippen LogP contribution in [-0.2, 0) is 9.59 Å². The summed E-state index contributed by atoms with van der Waals surface area (Å²) in [5.41, 5.74) is -0.892. The van der Waals surface area contributed by atoms with Crippen molar-refractivity contribution in [1.29, 1.82) is 0 Å². The first kappa shape index (κ1) is 16.2. The zero-order chi connectivity index (χ0) is 20.8. The van der Waals surface area contributed by atoms with Crippen LogP contribution in [0.2, 0.25) is 0 Å². The normalized spacial score (nSPS) is 65.1. The Kier molecular flexibility index (Phi) is 1.88. The maximum absolute atomic E-state index is 13.1. The maximum Gasteiger partial charge on any atom is 0.471 e. The summed E-state index contributed by atoms with van der Waals surface area (Å²) in [4.78, 5) is 26.1. The summed E-state index contributed by atoms with van der Waals surface area (Å²) in [5, 5.41) is 0. The van der Waals surface area contributed by atoms with Crippen LogP contribution in [0.3, 0.4) is 0 Å². The number of nitrogens with zero attached hydrogens (tertiary/aromatic N) is 2. The molecule has 8 aliphatic carbocycles. The van der Waals surface area contributed by atoms with Gasteiger partial charge in [0.25, 0.3) is 0 Å². The van der Waals surface area contributed by atoms with Gasteiger partial charge in [-0.1, -0.05) is 0 Å². The Morgan fingerprint density at radius 3 is 0.900 bits per heavy atom. The van der Waals surface area contributed by atoms with Gasteiger partial charge in [-0.05, 0) is 47.3 Å². The second-order valence-corrected chi connectivity index (χ2v) is 11.7. The standard InChI is InChI=1S/C20H16F6N2O2/c21-19(22,23)13(29)27-1-15-5-6(15)10-12-8-7-11(17(12,15)3-27)9(5)18(10)4-28(2-16(7,8)18)14(30)20(24,25)26/h5-12H,1-4H2. The molecule has 0 aromatic heterocycles. The summed E-state index contributed by atoms with van der Waals surface area (Å²) in [6, 6.07) is 0. The minimum absolute atomic E-state index is 0.175. The summed E-state index contributed by atoms with van der Waals surface area (Å²) in [6.45, 7) is 0.721. The van der Waals surface area contributed by atoms with Crippen LogP contribution < -0.4 is 0 Å². The fourth-order valence-electron chi connectivity index (χ4n) is 13.0. The largest absolute Gasteiger partial charge is 0.471 e. The summed E-state index contributed by atoms with van der Waals surface area (Å²) in [7, 11) is 0. The van der Waals surface area contributed by atoms with E-state index in [0.717, 1.165) is 9.80 Å². The van der Waals surface area contributed by atoms with Gasteiger partial charge in [0, 0.05) is 47.8 Å². The molecule has 10 fully saturated rings. The molecule has 4 nitrogen and oxygen atoms in total. The number of rotatable bonds is 0. The molecular weight excluding hydrogens is 414 g/mol. The molecule has 10 rings (SSSR count). The minimum Gasteiger partial charge on any atom is -0.334 e. The van der Waals surface area contributed by atoms with Crippen molar-refractivity contribution in [2.75, 3.05) is 26.2 Å². The zero-order valence-electron chi connectivity index (χ0n) is 15.4. The summed E-state index contributed by atoms with van der Waals surface area (Å²) < 4.78 is 78.7. The van der Waals surface area contributed by atoms with Crippen LogP contribution in [0, 0.1) is 69.0 Å². The van der Waals surface area contributed by atoms with E-state index >= 15 is 0 Å². The Balaban J connectivity index is 1.14. The van der Waals surface area contributed by atoms with Crippen molar-refractivity contribution in [2.45, 2.75) is 12.4 Å². The van der Waals surface area contributed by atoms with E-state index in [-0.39, 0.29) is 95.2 Å². The van der Waals surface area contributed by atoms with Gasteiger partial charge in [-0.25, -0.2) is 0 Å². The summed E-state index contributed by atoms with van der Waals surface area (Å²) in [5.74, 6) is -1.45. The van der Waals surface area contributed by atoms with Gasteiger partial charge in [0.2, 0.25) is 0 Å². The van der Waals surface area contributed by atoms with Crippen molar-refractivity contribution in [2.24, 2.45) is 69.0 Å². The molecule has 2 amide bonds. The molecule has 0 atom stereocenters. The van der Waals surface area contributed by atoms with E-state index in [9.17, 15) is 35.9 Å². The van der Waals surface area contributed by atoms with E-state index in [1.807, 2.05) is 0 Å². The molecule has 30 heavy (non-hydrogen) atoms. The monoisotopic (exact) mass is 430 g/mol. The molecule has 160 valence electrons. The van der Waals surface area contributed by atoms with E-state index in [2.05, 4.69) is 0 Å². The van der Waals surface area contributed by atoms with E-state index in [4.69, 9.17) is 0 Å². The predicted octanol–water partition coefficient (Wildman–Crippen LogP) is 1.77. The molecule has 2 heterocycles. The highest BCUT2D eigenvalue weighted by Crippen LogP contribution is 3.15. The number of carbonyl (C=O) groups excluding carboxylic acids is 2. The van der Waals surface area contributed by atoms with Crippen molar-refractivity contribution in [3.05, 3.63) is 0 Å². The first-order valence-electron chi connectivity index (χ1n) is 10.6. The van der Waals surface area contributed by atoms with Gasteiger partial charge in [0.1, 0.15) is 0 Å². The highest BCUT2D eigenvalue weighted by Gasteiger charge is 3.15. The first-order chi connectivity index (χ1) is 13.9. The SMILES string of the molecule is O=C(N1CC23C4C2C2C5C6C7C(C4C24CN(C(=O)C(F)(F)F)CC764)C53C1)C(F)(F)F. The van der Waals surface area contributed by atoms with Crippen LogP contribution in [-0.4, -0.2) is 60.1 Å². The molecular formula is C20H16F6N2O2. The quantitative estimate of drug-likeness (QED) is 0.550. The molecule has 2 saturated heterocycles. The fraction of sp³-hybridized carbons (Fsp3) is 0.900. The lowest BCUT2D eigenvalue weighted by Crippen LogP contribution is -2.50. The molecule has 0 unspecified atom stereocenters. The van der Waals surface area contributed by atoms with Gasteiger partial charge in [0.15, 0.2) is 0 Å². The third-order valence-electron chi connectivity index (χ3n) is 12.2. The number of alkyl halides is 6. The predicted molar refractivity (Wildman–Crippen MR) is 82.9 cm³/mol. The van der Waals surface area contributed by atoms with Gasteiger partial charge in [-0.15, -0.1) is 0 Å². The Bertz CT molecular complexity index is 935. The number of carbonyl (C=O) groups is 2. The first-order valence-corrected chi connectivity index (χ1v) is 10.6. The summed E-state index contributed by atoms with van der Waals surface area (Å²) in [6.07, 6.45) is -9.73. The molecule has 0 N–H and O–H groups in total. The number of hydrogen-bond acceptors (Lipinski definition) is 2. The van der Waals surface area contributed by atoms with E-state index < -0.39 is 24.2 Å². The topological polar surface area (TPSA) is 40.6 Å². The van der Waals surface area contributed by atoms with E-state index in [1.165, 1.54) is 0 Å². The molecule has 0 bridgehead atoms. The Morgan fingerprint density at radius 2 is 0.733 bits per heavy atom. The Morgan fingerprint density at radius 1 is 0.533 bits per heavy atom. The van der Waals surface area contributed by atoms with Gasteiger partial charge in [-0.2, -0.15) is 26.3 Å². The third-order valence-corrected chi connectivity index (χ3v) is 12.2. The maximum atomic E-state index is 13.1. The molecule has 4 spiro atoms. The van der Waals surface area contributed by atoms with E-state index in [0.29, 0.717) is 0 Å². The van der Waals surface area contributed by atoms with Crippen molar-refractivity contribution in [3.8, 4) is 0 Å². The smallest absolute Gasteiger partial charge is 0.334 e. The molecule has 0 aromatic carbocycles. The van der Waals surface area contributed by atoms with Gasteiger partial charge in [0.05, 0.1) is 0 Å². The molecule has 10 heteroatoms. The molecule has 8 saturated carbocycles. The lowest BCUT2D eigenvalue weighted by molar-refractivity contribution is -0.186. The van der Waals surface area contributed by atoms with E-state index in [1.54, 1.807) is 0 Å². The molecule has 2 aliphatic heterocycles. The van der Waals surface area contributed by atoms with Crippen molar-refractivity contribution < 1.29 is 35.9 Å². The minimum atomic E-state index is -4.86. The van der Waals surface area contributed by atoms with Crippen molar-refractivity contribution in [1.82, 2.24) is 9.80 Å². The Hall–Kier alpha value is -1.48. The average molecular weight is 430 g/mol. The zero-order valence-corrected chi connectivity index (χ0v) is 15.4. The van der Waals surface area contributed by atoms with Crippen LogP contribution in [0.4, 0.5) is 26.3 Å².